The fourth-order valence-corrected chi connectivity index (χ4v) is 6.77. The van der Waals surface area contributed by atoms with Crippen molar-refractivity contribution in [3.05, 3.63) is 0 Å². The van der Waals surface area contributed by atoms with Gasteiger partial charge in [0.05, 0.1) is 13.2 Å². The van der Waals surface area contributed by atoms with E-state index in [9.17, 15) is 49.8 Å². The lowest BCUT2D eigenvalue weighted by Crippen LogP contribution is -2.48. The number of aliphatic hydroxyl groups excluding tert-OH is 8. The Bertz CT molecular complexity index is 985. The van der Waals surface area contributed by atoms with E-state index in [1.807, 2.05) is 0 Å². The summed E-state index contributed by atoms with van der Waals surface area (Å²) >= 11 is 0. The van der Waals surface area contributed by atoms with E-state index in [0.29, 0.717) is 12.8 Å². The van der Waals surface area contributed by atoms with Crippen LogP contribution in [0.2, 0.25) is 0 Å². The summed E-state index contributed by atoms with van der Waals surface area (Å²) in [5, 5.41) is 74.9. The fraction of sp³-hybridized carbons (Fsp3) is 0.913. The summed E-state index contributed by atoms with van der Waals surface area (Å²) in [4.78, 5) is 45.6. The summed E-state index contributed by atoms with van der Waals surface area (Å²) in [6, 6.07) is 0. The highest BCUT2D eigenvalue weighted by molar-refractivity contribution is 5.73. The third kappa shape index (κ3) is 34.5. The molecule has 0 aromatic carbocycles. The molecule has 0 fully saturated rings. The van der Waals surface area contributed by atoms with E-state index in [-0.39, 0.29) is 25.4 Å². The minimum Gasteiger partial charge on any atom is -0.452 e. The lowest BCUT2D eigenvalue weighted by atomic mass is 10.0. The Morgan fingerprint density at radius 2 is 0.600 bits per heavy atom. The molecule has 0 heterocycles. The van der Waals surface area contributed by atoms with Crippen molar-refractivity contribution in [3.8, 4) is 0 Å². The largest absolute Gasteiger partial charge is 0.452 e. The first-order chi connectivity index (χ1) is 28.9. The number of carbonyl (C=O) groups is 4. The summed E-state index contributed by atoms with van der Waals surface area (Å²) < 4.78 is 9.76. The lowest BCUT2D eigenvalue weighted by Gasteiger charge is -2.25. The maximum Gasteiger partial charge on any atom is 0.306 e. The van der Waals surface area contributed by atoms with Gasteiger partial charge in [-0.1, -0.05) is 181 Å². The van der Waals surface area contributed by atoms with Gasteiger partial charge in [0.2, 0.25) is 0 Å². The SMILES string of the molecule is CCCCCCCCCCCCCCCC(=O)O[C@@H](C=O)[C@@H](O)[C@@H](O)[C@H](O)CO.CCCCCCCCCCCCCCCCCC(=O)O[C@@H](C=O)[C@@H](O)[C@@H](O)[C@H](O)CO. The summed E-state index contributed by atoms with van der Waals surface area (Å²) in [6.07, 6.45) is 21.0. The number of unbranched alkanes of at least 4 members (excludes halogenated alkanes) is 26. The van der Waals surface area contributed by atoms with Crippen molar-refractivity contribution in [1.29, 1.82) is 0 Å². The summed E-state index contributed by atoms with van der Waals surface area (Å²) in [6.45, 7) is 2.91. The summed E-state index contributed by atoms with van der Waals surface area (Å²) in [7, 11) is 0. The Kier molecular flexibility index (Phi) is 43.6. The molecule has 356 valence electrons. The number of aliphatic hydroxyl groups is 8. The van der Waals surface area contributed by atoms with Crippen LogP contribution in [0.25, 0.3) is 0 Å². The Morgan fingerprint density at radius 1 is 0.383 bits per heavy atom. The molecule has 0 radical (unpaired) electrons. The van der Waals surface area contributed by atoms with Crippen LogP contribution in [0.4, 0.5) is 0 Å². The molecule has 0 aromatic heterocycles. The van der Waals surface area contributed by atoms with Crippen molar-refractivity contribution in [2.75, 3.05) is 13.2 Å². The third-order valence-electron chi connectivity index (χ3n) is 10.8. The van der Waals surface area contributed by atoms with Gasteiger partial charge in [0, 0.05) is 12.8 Å². The minimum atomic E-state index is -1.79. The average Bonchev–Trinajstić information content (AvgIpc) is 3.26. The first-order valence-electron chi connectivity index (χ1n) is 23.5. The van der Waals surface area contributed by atoms with Gasteiger partial charge in [0.15, 0.2) is 24.8 Å². The monoisotopic (exact) mass is 865 g/mol. The normalized spacial score (nSPS) is 15.4. The highest BCUT2D eigenvalue weighted by Crippen LogP contribution is 2.16. The molecule has 0 spiro atoms. The number of ether oxygens (including phenoxy) is 2. The second-order valence-electron chi connectivity index (χ2n) is 16.3. The van der Waals surface area contributed by atoms with E-state index in [4.69, 9.17) is 19.7 Å². The Labute approximate surface area is 361 Å². The molecule has 0 saturated heterocycles. The van der Waals surface area contributed by atoms with Crippen molar-refractivity contribution in [2.24, 2.45) is 0 Å². The number of esters is 2. The van der Waals surface area contributed by atoms with Crippen LogP contribution in [0.3, 0.4) is 0 Å². The quantitative estimate of drug-likeness (QED) is 0.0197. The first-order valence-corrected chi connectivity index (χ1v) is 23.5. The van der Waals surface area contributed by atoms with Crippen LogP contribution < -0.4 is 0 Å². The van der Waals surface area contributed by atoms with E-state index in [2.05, 4.69) is 13.8 Å². The van der Waals surface area contributed by atoms with Crippen molar-refractivity contribution in [1.82, 2.24) is 0 Å². The van der Waals surface area contributed by atoms with Crippen molar-refractivity contribution in [3.63, 3.8) is 0 Å². The zero-order chi connectivity index (χ0) is 45.2. The average molecular weight is 865 g/mol. The Hall–Kier alpha value is -2.04. The van der Waals surface area contributed by atoms with E-state index in [0.717, 1.165) is 38.5 Å². The molecule has 0 aliphatic carbocycles. The van der Waals surface area contributed by atoms with Crippen LogP contribution in [0.15, 0.2) is 0 Å². The molecule has 8 N–H and O–H groups in total. The van der Waals surface area contributed by atoms with Crippen LogP contribution in [0.5, 0.6) is 0 Å². The van der Waals surface area contributed by atoms with Gasteiger partial charge in [-0.05, 0) is 12.8 Å². The number of carbonyl (C=O) groups excluding carboxylic acids is 4. The molecule has 14 nitrogen and oxygen atoms in total. The second-order valence-corrected chi connectivity index (χ2v) is 16.3. The third-order valence-corrected chi connectivity index (χ3v) is 10.8. The summed E-state index contributed by atoms with van der Waals surface area (Å²) in [5.74, 6) is -1.26. The van der Waals surface area contributed by atoms with Gasteiger partial charge in [-0.2, -0.15) is 0 Å². The molecule has 60 heavy (non-hydrogen) atoms. The predicted octanol–water partition coefficient (Wildman–Crippen LogP) is 6.09. The van der Waals surface area contributed by atoms with Crippen LogP contribution in [-0.2, 0) is 28.7 Å². The number of hydrogen-bond acceptors (Lipinski definition) is 14. The molecule has 14 heteroatoms. The first kappa shape index (κ1) is 60.0. The fourth-order valence-electron chi connectivity index (χ4n) is 6.77. The van der Waals surface area contributed by atoms with Gasteiger partial charge in [-0.15, -0.1) is 0 Å². The zero-order valence-corrected chi connectivity index (χ0v) is 37.4. The van der Waals surface area contributed by atoms with Crippen LogP contribution >= 0.6 is 0 Å². The highest BCUT2D eigenvalue weighted by atomic mass is 16.6. The van der Waals surface area contributed by atoms with Crippen LogP contribution in [0, 0.1) is 0 Å². The molecule has 0 amide bonds. The van der Waals surface area contributed by atoms with E-state index < -0.39 is 74.0 Å². The smallest absolute Gasteiger partial charge is 0.306 e. The molecule has 0 unspecified atom stereocenters. The molecule has 0 saturated carbocycles. The zero-order valence-electron chi connectivity index (χ0n) is 37.4. The van der Waals surface area contributed by atoms with Crippen LogP contribution in [-0.4, -0.2) is 127 Å². The highest BCUT2D eigenvalue weighted by Gasteiger charge is 2.34. The van der Waals surface area contributed by atoms with E-state index in [1.54, 1.807) is 0 Å². The summed E-state index contributed by atoms with van der Waals surface area (Å²) in [5.41, 5.74) is 0. The van der Waals surface area contributed by atoms with Crippen molar-refractivity contribution >= 4 is 24.5 Å². The van der Waals surface area contributed by atoms with Crippen LogP contribution in [0.1, 0.15) is 206 Å². The van der Waals surface area contributed by atoms with Gasteiger partial charge in [0.1, 0.15) is 36.6 Å². The maximum atomic E-state index is 11.8. The van der Waals surface area contributed by atoms with Crippen molar-refractivity contribution in [2.45, 2.75) is 255 Å². The number of hydrogen-bond donors (Lipinski definition) is 8. The topological polar surface area (TPSA) is 249 Å². The standard InChI is InChI=1S/C24H46O7.C22H42O7/c1-2-3-4-5-6-7-8-9-10-11-12-13-14-15-16-17-22(28)31-21(19-26)24(30)23(29)20(27)18-25;1-2-3-4-5-6-7-8-9-10-11-12-13-14-15-20(26)29-19(17-24)22(28)21(27)18(25)16-23/h19-21,23-25,27,29-30H,2-18H2,1H3;17-19,21-23,25,27-28H,2-16H2,1H3/t20-,21+,23+,24-;18-,19+,21+,22-/m11/s1. The minimum absolute atomic E-state index is 0.132. The van der Waals surface area contributed by atoms with E-state index >= 15 is 0 Å². The second kappa shape index (κ2) is 43.6. The molecular formula is C46H88O14. The van der Waals surface area contributed by atoms with E-state index in [1.165, 1.54) is 128 Å². The lowest BCUT2D eigenvalue weighted by molar-refractivity contribution is -0.168. The van der Waals surface area contributed by atoms with Gasteiger partial charge >= 0.3 is 11.9 Å². The molecule has 0 aliphatic heterocycles. The molecule has 0 aromatic rings. The number of aldehydes is 2. The maximum absolute atomic E-state index is 11.8. The predicted molar refractivity (Wildman–Crippen MR) is 232 cm³/mol. The molecule has 0 aliphatic rings. The van der Waals surface area contributed by atoms with Gasteiger partial charge in [0.25, 0.3) is 0 Å². The molecule has 0 bridgehead atoms. The van der Waals surface area contributed by atoms with Gasteiger partial charge < -0.3 is 50.3 Å². The Morgan fingerprint density at radius 3 is 0.800 bits per heavy atom. The van der Waals surface area contributed by atoms with Gasteiger partial charge in [-0.25, -0.2) is 0 Å². The Balaban J connectivity index is 0. The molecular weight excluding hydrogens is 776 g/mol. The van der Waals surface area contributed by atoms with Gasteiger partial charge in [-0.3, -0.25) is 19.2 Å². The molecule has 8 atom stereocenters. The number of rotatable bonds is 42. The van der Waals surface area contributed by atoms with Crippen molar-refractivity contribution < 1.29 is 69.5 Å². The molecule has 0 rings (SSSR count).